The van der Waals surface area contributed by atoms with Crippen LogP contribution >= 0.6 is 11.3 Å². The molecule has 0 saturated carbocycles. The number of urea groups is 1. The Balaban J connectivity index is 2.02. The Kier molecular flexibility index (Phi) is 8.85. The van der Waals surface area contributed by atoms with E-state index in [0.29, 0.717) is 16.7 Å². The topological polar surface area (TPSA) is 105 Å². The van der Waals surface area contributed by atoms with Gasteiger partial charge in [-0.25, -0.2) is 4.79 Å². The van der Waals surface area contributed by atoms with Crippen LogP contribution in [0.4, 0.5) is 9.93 Å². The van der Waals surface area contributed by atoms with Gasteiger partial charge in [-0.2, -0.15) is 0 Å². The van der Waals surface area contributed by atoms with Crippen molar-refractivity contribution in [3.8, 4) is 16.3 Å². The lowest BCUT2D eigenvalue weighted by molar-refractivity contribution is -0.119. The first-order chi connectivity index (χ1) is 14.0. The predicted molar refractivity (Wildman–Crippen MR) is 115 cm³/mol. The van der Waals surface area contributed by atoms with Gasteiger partial charge in [0, 0.05) is 12.1 Å². The number of amides is 3. The SMILES string of the molecule is CCCCNC(=O)N[C@@H](C(=O)Nc1nnc(-c2ccc(OC)cc2)s1)[C@@H](C)CC. The molecule has 8 nitrogen and oxygen atoms in total. The third-order valence-electron chi connectivity index (χ3n) is 4.59. The van der Waals surface area contributed by atoms with Gasteiger partial charge in [-0.3, -0.25) is 10.1 Å². The second-order valence-electron chi connectivity index (χ2n) is 6.75. The number of hydrogen-bond acceptors (Lipinski definition) is 6. The van der Waals surface area contributed by atoms with E-state index >= 15 is 0 Å². The summed E-state index contributed by atoms with van der Waals surface area (Å²) in [6, 6.07) is 6.46. The third-order valence-corrected chi connectivity index (χ3v) is 5.48. The van der Waals surface area contributed by atoms with Crippen molar-refractivity contribution in [3.05, 3.63) is 24.3 Å². The number of carbonyl (C=O) groups excluding carboxylic acids is 2. The Labute approximate surface area is 175 Å². The summed E-state index contributed by atoms with van der Waals surface area (Å²) in [6.07, 6.45) is 2.64. The van der Waals surface area contributed by atoms with Gasteiger partial charge >= 0.3 is 6.03 Å². The first-order valence-corrected chi connectivity index (χ1v) is 10.6. The minimum atomic E-state index is -0.657. The van der Waals surface area contributed by atoms with Gasteiger partial charge in [0.1, 0.15) is 16.8 Å². The monoisotopic (exact) mass is 419 g/mol. The van der Waals surface area contributed by atoms with E-state index in [9.17, 15) is 9.59 Å². The summed E-state index contributed by atoms with van der Waals surface area (Å²) in [5.41, 5.74) is 0.885. The van der Waals surface area contributed by atoms with Gasteiger partial charge in [0.15, 0.2) is 0 Å². The second-order valence-corrected chi connectivity index (χ2v) is 7.72. The molecule has 0 unspecified atom stereocenters. The smallest absolute Gasteiger partial charge is 0.315 e. The van der Waals surface area contributed by atoms with Gasteiger partial charge in [-0.15, -0.1) is 10.2 Å². The fourth-order valence-electron chi connectivity index (χ4n) is 2.58. The van der Waals surface area contributed by atoms with Crippen molar-refractivity contribution in [1.29, 1.82) is 0 Å². The van der Waals surface area contributed by atoms with Gasteiger partial charge in [0.05, 0.1) is 7.11 Å². The Morgan fingerprint density at radius 1 is 1.17 bits per heavy atom. The minimum absolute atomic E-state index is 0.0269. The van der Waals surface area contributed by atoms with E-state index in [1.165, 1.54) is 11.3 Å². The summed E-state index contributed by atoms with van der Waals surface area (Å²) < 4.78 is 5.16. The average Bonchev–Trinajstić information content (AvgIpc) is 3.20. The zero-order valence-corrected chi connectivity index (χ0v) is 18.1. The molecular weight excluding hydrogens is 390 g/mol. The number of nitrogens with zero attached hydrogens (tertiary/aromatic N) is 2. The van der Waals surface area contributed by atoms with Gasteiger partial charge in [0.2, 0.25) is 11.0 Å². The zero-order chi connectivity index (χ0) is 21.2. The lowest BCUT2D eigenvalue weighted by atomic mass is 9.98. The number of rotatable bonds is 10. The van der Waals surface area contributed by atoms with Crippen LogP contribution in [-0.2, 0) is 4.79 Å². The van der Waals surface area contributed by atoms with E-state index in [0.717, 1.165) is 30.6 Å². The molecule has 2 aromatic rings. The van der Waals surface area contributed by atoms with Crippen LogP contribution in [0.1, 0.15) is 40.0 Å². The number of carbonyl (C=O) groups is 2. The molecule has 0 aliphatic carbocycles. The molecule has 0 aliphatic heterocycles. The molecule has 3 N–H and O–H groups in total. The van der Waals surface area contributed by atoms with Crippen LogP contribution in [0.25, 0.3) is 10.6 Å². The van der Waals surface area contributed by atoms with Crippen LogP contribution in [-0.4, -0.2) is 41.8 Å². The van der Waals surface area contributed by atoms with Crippen LogP contribution in [0.3, 0.4) is 0 Å². The molecule has 2 rings (SSSR count). The number of nitrogens with one attached hydrogen (secondary N) is 3. The molecule has 1 aromatic heterocycles. The van der Waals surface area contributed by atoms with Crippen molar-refractivity contribution in [1.82, 2.24) is 20.8 Å². The zero-order valence-electron chi connectivity index (χ0n) is 17.3. The number of hydrogen-bond donors (Lipinski definition) is 3. The van der Waals surface area contributed by atoms with Crippen molar-refractivity contribution in [2.45, 2.75) is 46.1 Å². The summed E-state index contributed by atoms with van der Waals surface area (Å²) in [5, 5.41) is 17.6. The van der Waals surface area contributed by atoms with Crippen molar-refractivity contribution in [2.75, 3.05) is 19.0 Å². The van der Waals surface area contributed by atoms with Crippen molar-refractivity contribution >= 4 is 28.4 Å². The first kappa shape index (κ1) is 22.6. The maximum absolute atomic E-state index is 12.8. The normalized spacial score (nSPS) is 12.7. The molecule has 0 saturated heterocycles. The molecule has 9 heteroatoms. The van der Waals surface area contributed by atoms with Gasteiger partial charge in [-0.05, 0) is 36.6 Å². The number of unbranched alkanes of at least 4 members (excludes halogenated alkanes) is 1. The van der Waals surface area contributed by atoms with Crippen molar-refractivity contribution < 1.29 is 14.3 Å². The summed E-state index contributed by atoms with van der Waals surface area (Å²) in [5.74, 6) is 0.426. The molecule has 2 atom stereocenters. The third kappa shape index (κ3) is 6.70. The van der Waals surface area contributed by atoms with Crippen LogP contribution in [0.5, 0.6) is 5.75 Å². The summed E-state index contributed by atoms with van der Waals surface area (Å²) in [7, 11) is 1.61. The maximum Gasteiger partial charge on any atom is 0.315 e. The van der Waals surface area contributed by atoms with Gasteiger partial charge in [0.25, 0.3) is 0 Å². The summed E-state index contributed by atoms with van der Waals surface area (Å²) in [4.78, 5) is 24.9. The number of anilines is 1. The maximum atomic E-state index is 12.8. The molecule has 0 radical (unpaired) electrons. The Hall–Kier alpha value is -2.68. The lowest BCUT2D eigenvalue weighted by Gasteiger charge is -2.23. The standard InChI is InChI=1S/C20H29N5O3S/c1-5-7-12-21-19(27)22-16(13(3)6-2)17(26)23-20-25-24-18(29-20)14-8-10-15(28-4)11-9-14/h8-11,13,16H,5-7,12H2,1-4H3,(H2,21,22,27)(H,23,25,26)/t13-,16+/m0/s1. The van der Waals surface area contributed by atoms with Crippen molar-refractivity contribution in [2.24, 2.45) is 5.92 Å². The molecule has 0 bridgehead atoms. The highest BCUT2D eigenvalue weighted by molar-refractivity contribution is 7.18. The fraction of sp³-hybridized carbons (Fsp3) is 0.500. The van der Waals surface area contributed by atoms with Crippen LogP contribution < -0.4 is 20.7 Å². The van der Waals surface area contributed by atoms with Gasteiger partial charge in [-0.1, -0.05) is 44.9 Å². The first-order valence-electron chi connectivity index (χ1n) is 9.81. The van der Waals surface area contributed by atoms with E-state index in [2.05, 4.69) is 33.1 Å². The largest absolute Gasteiger partial charge is 0.497 e. The number of ether oxygens (including phenoxy) is 1. The molecule has 158 valence electrons. The molecule has 0 aliphatic rings. The highest BCUT2D eigenvalue weighted by atomic mass is 32.1. The van der Waals surface area contributed by atoms with E-state index in [4.69, 9.17) is 4.74 Å². The second kappa shape index (κ2) is 11.4. The highest BCUT2D eigenvalue weighted by Crippen LogP contribution is 2.28. The van der Waals surface area contributed by atoms with E-state index in [1.54, 1.807) is 7.11 Å². The Morgan fingerprint density at radius 2 is 1.90 bits per heavy atom. The quantitative estimate of drug-likeness (QED) is 0.510. The molecule has 29 heavy (non-hydrogen) atoms. The number of benzene rings is 1. The lowest BCUT2D eigenvalue weighted by Crippen LogP contribution is -2.51. The van der Waals surface area contributed by atoms with Crippen LogP contribution in [0, 0.1) is 5.92 Å². The van der Waals surface area contributed by atoms with E-state index in [-0.39, 0.29) is 17.9 Å². The molecule has 0 fully saturated rings. The van der Waals surface area contributed by atoms with E-state index in [1.807, 2.05) is 38.1 Å². The minimum Gasteiger partial charge on any atom is -0.497 e. The Morgan fingerprint density at radius 3 is 2.52 bits per heavy atom. The van der Waals surface area contributed by atoms with Crippen LogP contribution in [0.2, 0.25) is 0 Å². The Bertz CT molecular complexity index is 794. The molecule has 1 heterocycles. The van der Waals surface area contributed by atoms with Crippen molar-refractivity contribution in [3.63, 3.8) is 0 Å². The molecule has 0 spiro atoms. The molecular formula is C20H29N5O3S. The number of aromatic nitrogens is 2. The predicted octanol–water partition coefficient (Wildman–Crippen LogP) is 3.67. The summed E-state index contributed by atoms with van der Waals surface area (Å²) >= 11 is 1.28. The fourth-order valence-corrected chi connectivity index (χ4v) is 3.33. The molecule has 3 amide bonds. The molecule has 1 aromatic carbocycles. The number of methoxy groups -OCH3 is 1. The van der Waals surface area contributed by atoms with Crippen LogP contribution in [0.15, 0.2) is 24.3 Å². The van der Waals surface area contributed by atoms with Gasteiger partial charge < -0.3 is 15.4 Å². The average molecular weight is 420 g/mol. The van der Waals surface area contributed by atoms with E-state index < -0.39 is 6.04 Å². The highest BCUT2D eigenvalue weighted by Gasteiger charge is 2.26. The summed E-state index contributed by atoms with van der Waals surface area (Å²) in [6.45, 7) is 6.55.